The summed E-state index contributed by atoms with van der Waals surface area (Å²) in [5.41, 5.74) is 0.773. The third kappa shape index (κ3) is 3.96. The molecule has 3 aliphatic rings. The van der Waals surface area contributed by atoms with Crippen molar-refractivity contribution < 1.29 is 19.1 Å². The van der Waals surface area contributed by atoms with Gasteiger partial charge in [0, 0.05) is 30.8 Å². The van der Waals surface area contributed by atoms with Gasteiger partial charge in [0.25, 0.3) is 0 Å². The highest BCUT2D eigenvalue weighted by molar-refractivity contribution is 5.97. The molecule has 2 fully saturated rings. The Morgan fingerprint density at radius 2 is 1.89 bits per heavy atom. The van der Waals surface area contributed by atoms with E-state index in [1.54, 1.807) is 4.90 Å². The van der Waals surface area contributed by atoms with Gasteiger partial charge in [0.1, 0.15) is 13.2 Å². The lowest BCUT2D eigenvalue weighted by Crippen LogP contribution is -2.49. The first-order valence-electron chi connectivity index (χ1n) is 9.87. The van der Waals surface area contributed by atoms with Gasteiger partial charge in [-0.05, 0) is 30.9 Å². The van der Waals surface area contributed by atoms with E-state index in [4.69, 9.17) is 9.47 Å². The summed E-state index contributed by atoms with van der Waals surface area (Å²) in [6.45, 7) is 3.70. The Hall–Kier alpha value is -2.44. The topological polar surface area (TPSA) is 79.9 Å². The highest BCUT2D eigenvalue weighted by Gasteiger charge is 2.33. The molecule has 7 nitrogen and oxygen atoms in total. The van der Waals surface area contributed by atoms with Crippen LogP contribution >= 0.6 is 0 Å². The van der Waals surface area contributed by atoms with Crippen molar-refractivity contribution in [2.75, 3.05) is 24.7 Å². The highest BCUT2D eigenvalue weighted by Crippen LogP contribution is 2.35. The van der Waals surface area contributed by atoms with Gasteiger partial charge < -0.3 is 25.0 Å². The van der Waals surface area contributed by atoms with Crippen LogP contribution in [0.25, 0.3) is 0 Å². The molecule has 1 aromatic rings. The Morgan fingerprint density at radius 1 is 1.11 bits per heavy atom. The Labute approximate surface area is 159 Å². The standard InChI is InChI=1S/C20H27N3O4/c1-13-4-2-3-5-16(13)22-20(25)21-14-10-19(24)23(12-14)15-6-7-17-18(11-15)27-9-8-26-17/h6-7,11,13-14,16H,2-5,8-10,12H2,1H3,(H2,21,22,25)/t13-,14+,16-/m1/s1. The zero-order chi connectivity index (χ0) is 18.8. The average molecular weight is 373 g/mol. The van der Waals surface area contributed by atoms with E-state index in [1.165, 1.54) is 6.42 Å². The minimum atomic E-state index is -0.190. The molecule has 2 aliphatic heterocycles. The van der Waals surface area contributed by atoms with Crippen LogP contribution in [0, 0.1) is 5.92 Å². The van der Waals surface area contributed by atoms with Gasteiger partial charge in [-0.1, -0.05) is 19.8 Å². The van der Waals surface area contributed by atoms with Crippen LogP contribution in [0.15, 0.2) is 18.2 Å². The molecular formula is C20H27N3O4. The van der Waals surface area contributed by atoms with E-state index >= 15 is 0 Å². The van der Waals surface area contributed by atoms with E-state index in [1.807, 2.05) is 18.2 Å². The molecule has 3 amide bonds. The summed E-state index contributed by atoms with van der Waals surface area (Å²) in [5.74, 6) is 1.87. The predicted octanol–water partition coefficient (Wildman–Crippen LogP) is 2.44. The number of hydrogen-bond acceptors (Lipinski definition) is 4. The molecule has 1 saturated carbocycles. The zero-order valence-corrected chi connectivity index (χ0v) is 15.7. The molecule has 1 saturated heterocycles. The zero-order valence-electron chi connectivity index (χ0n) is 15.7. The molecule has 0 bridgehead atoms. The van der Waals surface area contributed by atoms with Crippen LogP contribution in [-0.4, -0.2) is 43.8 Å². The van der Waals surface area contributed by atoms with Crippen molar-refractivity contribution in [1.29, 1.82) is 0 Å². The van der Waals surface area contributed by atoms with Crippen molar-refractivity contribution in [2.24, 2.45) is 5.92 Å². The van der Waals surface area contributed by atoms with Crippen molar-refractivity contribution in [3.05, 3.63) is 18.2 Å². The van der Waals surface area contributed by atoms with E-state index in [-0.39, 0.29) is 24.0 Å². The normalized spacial score (nSPS) is 27.4. The van der Waals surface area contributed by atoms with E-state index in [0.29, 0.717) is 43.6 Å². The molecule has 0 spiro atoms. The summed E-state index contributed by atoms with van der Waals surface area (Å²) in [7, 11) is 0. The minimum absolute atomic E-state index is 0.00279. The van der Waals surface area contributed by atoms with Crippen molar-refractivity contribution in [1.82, 2.24) is 10.6 Å². The second-order valence-corrected chi connectivity index (χ2v) is 7.72. The fourth-order valence-corrected chi connectivity index (χ4v) is 4.18. The van der Waals surface area contributed by atoms with Crippen molar-refractivity contribution in [2.45, 2.75) is 51.1 Å². The lowest BCUT2D eigenvalue weighted by molar-refractivity contribution is -0.117. The van der Waals surface area contributed by atoms with Gasteiger partial charge in [-0.25, -0.2) is 4.79 Å². The molecular weight excluding hydrogens is 346 g/mol. The number of benzene rings is 1. The lowest BCUT2D eigenvalue weighted by atomic mass is 9.86. The molecule has 0 radical (unpaired) electrons. The van der Waals surface area contributed by atoms with Gasteiger partial charge >= 0.3 is 6.03 Å². The molecule has 0 unspecified atom stereocenters. The van der Waals surface area contributed by atoms with Gasteiger partial charge in [0.05, 0.1) is 6.04 Å². The molecule has 4 rings (SSSR count). The summed E-state index contributed by atoms with van der Waals surface area (Å²) < 4.78 is 11.1. The van der Waals surface area contributed by atoms with Gasteiger partial charge in [0.2, 0.25) is 5.91 Å². The van der Waals surface area contributed by atoms with Crippen molar-refractivity contribution in [3.8, 4) is 11.5 Å². The van der Waals surface area contributed by atoms with Crippen LogP contribution in [0.1, 0.15) is 39.0 Å². The summed E-state index contributed by atoms with van der Waals surface area (Å²) >= 11 is 0. The highest BCUT2D eigenvalue weighted by atomic mass is 16.6. The molecule has 7 heteroatoms. The second kappa shape index (κ2) is 7.66. The number of nitrogens with zero attached hydrogens (tertiary/aromatic N) is 1. The Kier molecular flexibility index (Phi) is 5.09. The number of carbonyl (C=O) groups is 2. The molecule has 1 aliphatic carbocycles. The van der Waals surface area contributed by atoms with Crippen molar-refractivity contribution >= 4 is 17.6 Å². The smallest absolute Gasteiger partial charge is 0.315 e. The van der Waals surface area contributed by atoms with Crippen LogP contribution < -0.4 is 25.0 Å². The average Bonchev–Trinajstić information content (AvgIpc) is 3.03. The number of carbonyl (C=O) groups excluding carboxylic acids is 2. The Balaban J connectivity index is 1.35. The second-order valence-electron chi connectivity index (χ2n) is 7.72. The number of nitrogens with one attached hydrogen (secondary N) is 2. The summed E-state index contributed by atoms with van der Waals surface area (Å²) in [5, 5.41) is 6.06. The monoisotopic (exact) mass is 373 g/mol. The number of amides is 3. The first-order valence-corrected chi connectivity index (χ1v) is 9.87. The van der Waals surface area contributed by atoms with Gasteiger partial charge in [-0.2, -0.15) is 0 Å². The number of hydrogen-bond donors (Lipinski definition) is 2. The molecule has 27 heavy (non-hydrogen) atoms. The molecule has 3 atom stereocenters. The van der Waals surface area contributed by atoms with E-state index in [9.17, 15) is 9.59 Å². The van der Waals surface area contributed by atoms with Crippen LogP contribution in [0.3, 0.4) is 0 Å². The Bertz CT molecular complexity index is 723. The number of anilines is 1. The third-order valence-electron chi connectivity index (χ3n) is 5.73. The van der Waals surface area contributed by atoms with E-state index in [0.717, 1.165) is 24.9 Å². The summed E-state index contributed by atoms with van der Waals surface area (Å²) in [6.07, 6.45) is 4.89. The summed E-state index contributed by atoms with van der Waals surface area (Å²) in [6, 6.07) is 5.38. The maximum atomic E-state index is 12.5. The number of ether oxygens (including phenoxy) is 2. The van der Waals surface area contributed by atoms with Crippen LogP contribution in [0.5, 0.6) is 11.5 Å². The SMILES string of the molecule is C[C@@H]1CCCC[C@H]1NC(=O)N[C@H]1CC(=O)N(c2ccc3c(c2)OCCO3)C1. The number of urea groups is 1. The van der Waals surface area contributed by atoms with Crippen LogP contribution in [-0.2, 0) is 4.79 Å². The molecule has 146 valence electrons. The quantitative estimate of drug-likeness (QED) is 0.853. The predicted molar refractivity (Wildman–Crippen MR) is 101 cm³/mol. The van der Waals surface area contributed by atoms with Gasteiger partial charge in [0.15, 0.2) is 11.5 Å². The summed E-state index contributed by atoms with van der Waals surface area (Å²) in [4.78, 5) is 26.5. The third-order valence-corrected chi connectivity index (χ3v) is 5.73. The van der Waals surface area contributed by atoms with Crippen LogP contribution in [0.2, 0.25) is 0 Å². The van der Waals surface area contributed by atoms with E-state index in [2.05, 4.69) is 17.6 Å². The minimum Gasteiger partial charge on any atom is -0.486 e. The molecule has 2 heterocycles. The van der Waals surface area contributed by atoms with Gasteiger partial charge in [-0.3, -0.25) is 4.79 Å². The van der Waals surface area contributed by atoms with Crippen LogP contribution in [0.4, 0.5) is 10.5 Å². The fraction of sp³-hybridized carbons (Fsp3) is 0.600. The number of rotatable bonds is 3. The largest absolute Gasteiger partial charge is 0.486 e. The fourth-order valence-electron chi connectivity index (χ4n) is 4.18. The molecule has 2 N–H and O–H groups in total. The molecule has 0 aromatic heterocycles. The van der Waals surface area contributed by atoms with Gasteiger partial charge in [-0.15, -0.1) is 0 Å². The van der Waals surface area contributed by atoms with E-state index < -0.39 is 0 Å². The first-order chi connectivity index (χ1) is 13.1. The maximum absolute atomic E-state index is 12.5. The Morgan fingerprint density at radius 3 is 2.70 bits per heavy atom. The first kappa shape index (κ1) is 17.9. The van der Waals surface area contributed by atoms with Crippen molar-refractivity contribution in [3.63, 3.8) is 0 Å². The lowest BCUT2D eigenvalue weighted by Gasteiger charge is -2.30. The number of fused-ring (bicyclic) bond motifs is 1. The molecule has 1 aromatic carbocycles. The maximum Gasteiger partial charge on any atom is 0.315 e.